The Morgan fingerprint density at radius 1 is 1.40 bits per heavy atom. The Balaban J connectivity index is 1.93. The number of hydrogen-bond acceptors (Lipinski definition) is 6. The topological polar surface area (TPSA) is 63.8 Å². The molecule has 0 radical (unpaired) electrons. The summed E-state index contributed by atoms with van der Waals surface area (Å²) >= 11 is 3.36. The fraction of sp³-hybridized carbons (Fsp3) is 0.111. The normalized spacial score (nSPS) is 10.2. The Kier molecular flexibility index (Phi) is 3.54. The van der Waals surface area contributed by atoms with Gasteiger partial charge in [-0.25, -0.2) is 15.8 Å². The molecule has 78 valence electrons. The molecule has 2 rings (SSSR count). The molecule has 0 bridgehead atoms. The molecule has 2 aromatic heterocycles. The number of nitrogens with two attached hydrogens (primary N) is 1. The van der Waals surface area contributed by atoms with Crippen LogP contribution in [-0.4, -0.2) is 9.97 Å². The molecule has 0 aromatic carbocycles. The van der Waals surface area contributed by atoms with Crippen LogP contribution in [0.2, 0.25) is 0 Å². The molecule has 0 aliphatic heterocycles. The number of anilines is 1. The SMILES string of the molecule is NNc1ccc(CSc2nccs2)cn1. The van der Waals surface area contributed by atoms with Crippen molar-refractivity contribution in [1.29, 1.82) is 0 Å². The van der Waals surface area contributed by atoms with E-state index in [0.29, 0.717) is 5.82 Å². The standard InChI is InChI=1S/C9H10N4S2/c10-13-8-2-1-7(5-12-8)6-15-9-11-3-4-14-9/h1-5H,6,10H2,(H,12,13). The highest BCUT2D eigenvalue weighted by Gasteiger charge is 1.99. The summed E-state index contributed by atoms with van der Waals surface area (Å²) in [4.78, 5) is 8.32. The van der Waals surface area contributed by atoms with E-state index in [9.17, 15) is 0 Å². The maximum absolute atomic E-state index is 5.22. The van der Waals surface area contributed by atoms with Crippen LogP contribution in [0.5, 0.6) is 0 Å². The van der Waals surface area contributed by atoms with Crippen molar-refractivity contribution in [3.05, 3.63) is 35.5 Å². The number of thiazole rings is 1. The molecular weight excluding hydrogens is 228 g/mol. The first-order valence-electron chi connectivity index (χ1n) is 4.32. The summed E-state index contributed by atoms with van der Waals surface area (Å²) < 4.78 is 1.08. The van der Waals surface area contributed by atoms with E-state index in [1.54, 1.807) is 23.1 Å². The van der Waals surface area contributed by atoms with E-state index in [0.717, 1.165) is 15.7 Å². The number of aromatic nitrogens is 2. The summed E-state index contributed by atoms with van der Waals surface area (Å²) in [7, 11) is 0. The third kappa shape index (κ3) is 2.92. The lowest BCUT2D eigenvalue weighted by Gasteiger charge is -2.01. The number of hydrogen-bond donors (Lipinski definition) is 2. The van der Waals surface area contributed by atoms with Crippen LogP contribution < -0.4 is 11.3 Å². The molecule has 0 saturated carbocycles. The first-order chi connectivity index (χ1) is 7.38. The number of nitrogens with one attached hydrogen (secondary N) is 1. The van der Waals surface area contributed by atoms with Crippen molar-refractivity contribution in [2.75, 3.05) is 5.43 Å². The van der Waals surface area contributed by atoms with Crippen molar-refractivity contribution in [3.63, 3.8) is 0 Å². The molecule has 2 aromatic rings. The zero-order valence-corrected chi connectivity index (χ0v) is 9.52. The Bertz CT molecular complexity index is 399. The van der Waals surface area contributed by atoms with Crippen LogP contribution in [0.15, 0.2) is 34.2 Å². The van der Waals surface area contributed by atoms with Crippen LogP contribution >= 0.6 is 23.1 Å². The molecule has 0 saturated heterocycles. The van der Waals surface area contributed by atoms with Gasteiger partial charge in [0.25, 0.3) is 0 Å². The van der Waals surface area contributed by atoms with E-state index in [-0.39, 0.29) is 0 Å². The zero-order valence-electron chi connectivity index (χ0n) is 7.88. The highest BCUT2D eigenvalue weighted by Crippen LogP contribution is 2.24. The van der Waals surface area contributed by atoms with E-state index in [1.165, 1.54) is 0 Å². The van der Waals surface area contributed by atoms with E-state index in [1.807, 2.05) is 29.9 Å². The highest BCUT2D eigenvalue weighted by atomic mass is 32.2. The largest absolute Gasteiger partial charge is 0.308 e. The quantitative estimate of drug-likeness (QED) is 0.485. The summed E-state index contributed by atoms with van der Waals surface area (Å²) in [5, 5.41) is 1.97. The van der Waals surface area contributed by atoms with Gasteiger partial charge in [0.1, 0.15) is 10.2 Å². The minimum Gasteiger partial charge on any atom is -0.308 e. The van der Waals surface area contributed by atoms with Crippen LogP contribution in [0.3, 0.4) is 0 Å². The van der Waals surface area contributed by atoms with Gasteiger partial charge in [-0.3, -0.25) is 0 Å². The van der Waals surface area contributed by atoms with Crippen molar-refractivity contribution in [1.82, 2.24) is 9.97 Å². The molecule has 0 spiro atoms. The Hall–Kier alpha value is -1.11. The number of rotatable bonds is 4. The fourth-order valence-corrected chi connectivity index (χ4v) is 2.59. The summed E-state index contributed by atoms with van der Waals surface area (Å²) in [5.74, 6) is 6.78. The number of nitrogen functional groups attached to an aromatic ring is 1. The summed E-state index contributed by atoms with van der Waals surface area (Å²) in [6.45, 7) is 0. The molecule has 2 heterocycles. The van der Waals surface area contributed by atoms with Gasteiger partial charge in [0.05, 0.1) is 0 Å². The second kappa shape index (κ2) is 5.11. The summed E-state index contributed by atoms with van der Waals surface area (Å²) in [6.07, 6.45) is 3.63. The predicted octanol–water partition coefficient (Wildman–Crippen LogP) is 2.12. The molecule has 6 heteroatoms. The van der Waals surface area contributed by atoms with Gasteiger partial charge in [-0.05, 0) is 11.6 Å². The van der Waals surface area contributed by atoms with Gasteiger partial charge in [-0.2, -0.15) is 0 Å². The van der Waals surface area contributed by atoms with Crippen molar-refractivity contribution in [2.45, 2.75) is 10.1 Å². The van der Waals surface area contributed by atoms with Crippen molar-refractivity contribution in [3.8, 4) is 0 Å². The van der Waals surface area contributed by atoms with Gasteiger partial charge < -0.3 is 5.43 Å². The maximum Gasteiger partial charge on any atom is 0.150 e. The molecular formula is C9H10N4S2. The third-order valence-electron chi connectivity index (χ3n) is 1.74. The van der Waals surface area contributed by atoms with Crippen molar-refractivity contribution in [2.24, 2.45) is 5.84 Å². The van der Waals surface area contributed by atoms with E-state index in [2.05, 4.69) is 15.4 Å². The van der Waals surface area contributed by atoms with Gasteiger partial charge >= 0.3 is 0 Å². The van der Waals surface area contributed by atoms with Crippen LogP contribution in [0.25, 0.3) is 0 Å². The minimum atomic E-state index is 0.679. The molecule has 0 unspecified atom stereocenters. The predicted molar refractivity (Wildman–Crippen MR) is 63.7 cm³/mol. The smallest absolute Gasteiger partial charge is 0.150 e. The molecule has 0 atom stereocenters. The monoisotopic (exact) mass is 238 g/mol. The summed E-state index contributed by atoms with van der Waals surface area (Å²) in [6, 6.07) is 3.86. The molecule has 15 heavy (non-hydrogen) atoms. The fourth-order valence-electron chi connectivity index (χ4n) is 1.02. The average molecular weight is 238 g/mol. The Labute approximate surface area is 95.9 Å². The average Bonchev–Trinajstić information content (AvgIpc) is 2.80. The van der Waals surface area contributed by atoms with Crippen LogP contribution in [0.1, 0.15) is 5.56 Å². The van der Waals surface area contributed by atoms with Gasteiger partial charge in [0.2, 0.25) is 0 Å². The van der Waals surface area contributed by atoms with E-state index in [4.69, 9.17) is 5.84 Å². The van der Waals surface area contributed by atoms with Gasteiger partial charge in [-0.1, -0.05) is 17.8 Å². The van der Waals surface area contributed by atoms with Gasteiger partial charge in [0.15, 0.2) is 0 Å². The minimum absolute atomic E-state index is 0.679. The number of nitrogens with zero attached hydrogens (tertiary/aromatic N) is 2. The lowest BCUT2D eigenvalue weighted by atomic mass is 10.3. The number of hydrazine groups is 1. The number of pyridine rings is 1. The zero-order chi connectivity index (χ0) is 10.5. The van der Waals surface area contributed by atoms with Crippen LogP contribution in [0, 0.1) is 0 Å². The molecule has 0 aliphatic carbocycles. The van der Waals surface area contributed by atoms with Crippen LogP contribution in [-0.2, 0) is 5.75 Å². The van der Waals surface area contributed by atoms with Gasteiger partial charge in [0, 0.05) is 23.5 Å². The summed E-state index contributed by atoms with van der Waals surface area (Å²) in [5.41, 5.74) is 3.66. The Morgan fingerprint density at radius 2 is 2.33 bits per heavy atom. The highest BCUT2D eigenvalue weighted by molar-refractivity contribution is 8.00. The second-order valence-corrected chi connectivity index (χ2v) is 4.90. The Morgan fingerprint density at radius 3 is 2.93 bits per heavy atom. The molecule has 0 amide bonds. The lowest BCUT2D eigenvalue weighted by molar-refractivity contribution is 1.19. The van der Waals surface area contributed by atoms with Gasteiger partial charge in [-0.15, -0.1) is 11.3 Å². The number of thioether (sulfide) groups is 1. The second-order valence-electron chi connectivity index (χ2n) is 2.78. The molecule has 3 N–H and O–H groups in total. The molecule has 4 nitrogen and oxygen atoms in total. The first-order valence-corrected chi connectivity index (χ1v) is 6.19. The van der Waals surface area contributed by atoms with Crippen LogP contribution in [0.4, 0.5) is 5.82 Å². The molecule has 0 fully saturated rings. The van der Waals surface area contributed by atoms with Crippen molar-refractivity contribution < 1.29 is 0 Å². The first kappa shape index (κ1) is 10.4. The van der Waals surface area contributed by atoms with E-state index < -0.39 is 0 Å². The third-order valence-corrected chi connectivity index (χ3v) is 3.78. The molecule has 0 aliphatic rings. The maximum atomic E-state index is 5.22. The van der Waals surface area contributed by atoms with E-state index >= 15 is 0 Å². The van der Waals surface area contributed by atoms with Crippen molar-refractivity contribution >= 4 is 28.9 Å². The lowest BCUT2D eigenvalue weighted by Crippen LogP contribution is -2.08.